The monoisotopic (exact) mass is 512 g/mol. The van der Waals surface area contributed by atoms with Crippen molar-refractivity contribution in [2.24, 2.45) is 0 Å². The van der Waals surface area contributed by atoms with Gasteiger partial charge in [-0.1, -0.05) is 19.1 Å². The molecule has 0 saturated heterocycles. The molecule has 0 aliphatic carbocycles. The number of imidazole rings is 1. The quantitative estimate of drug-likeness (QED) is 0.388. The van der Waals surface area contributed by atoms with Gasteiger partial charge in [0.1, 0.15) is 11.3 Å². The second-order valence-electron chi connectivity index (χ2n) is 8.35. The van der Waals surface area contributed by atoms with Gasteiger partial charge in [-0.2, -0.15) is 0 Å². The van der Waals surface area contributed by atoms with Crippen molar-refractivity contribution in [2.45, 2.75) is 51.7 Å². The SMILES string of the molecule is CCc1nc2c(C)cc(C)nc2n1-c1ccc(CCNC(=O)NS(=O)(=O)c2sc(C)nc2C)cc1. The van der Waals surface area contributed by atoms with Gasteiger partial charge in [0.2, 0.25) is 0 Å². The van der Waals surface area contributed by atoms with Gasteiger partial charge in [0.15, 0.2) is 9.86 Å². The fraction of sp³-hybridized carbons (Fsp3) is 0.333. The van der Waals surface area contributed by atoms with E-state index in [9.17, 15) is 13.2 Å². The molecule has 2 amide bonds. The Morgan fingerprint density at radius 1 is 1.06 bits per heavy atom. The number of sulfonamides is 1. The molecule has 1 aromatic carbocycles. The highest BCUT2D eigenvalue weighted by Crippen LogP contribution is 2.24. The van der Waals surface area contributed by atoms with Crippen LogP contribution in [0.1, 0.15) is 40.3 Å². The van der Waals surface area contributed by atoms with Gasteiger partial charge in [0, 0.05) is 24.3 Å². The third-order valence-electron chi connectivity index (χ3n) is 5.55. The molecule has 0 unspecified atom stereocenters. The lowest BCUT2D eigenvalue weighted by Gasteiger charge is -2.10. The van der Waals surface area contributed by atoms with E-state index in [1.807, 2.05) is 44.2 Å². The Labute approximate surface area is 208 Å². The van der Waals surface area contributed by atoms with E-state index in [0.717, 1.165) is 57.3 Å². The van der Waals surface area contributed by atoms with Crippen LogP contribution < -0.4 is 10.0 Å². The first kappa shape index (κ1) is 24.8. The first-order valence-electron chi connectivity index (χ1n) is 11.3. The maximum Gasteiger partial charge on any atom is 0.328 e. The molecule has 0 atom stereocenters. The van der Waals surface area contributed by atoms with Crippen LogP contribution in [-0.4, -0.2) is 40.5 Å². The molecule has 0 aliphatic heterocycles. The number of urea groups is 1. The van der Waals surface area contributed by atoms with Crippen LogP contribution in [0.3, 0.4) is 0 Å². The normalized spacial score (nSPS) is 11.7. The Morgan fingerprint density at radius 2 is 1.77 bits per heavy atom. The Balaban J connectivity index is 1.42. The first-order valence-corrected chi connectivity index (χ1v) is 13.6. The third kappa shape index (κ3) is 5.20. The van der Waals surface area contributed by atoms with Gasteiger partial charge in [0.25, 0.3) is 10.0 Å². The highest BCUT2D eigenvalue weighted by atomic mass is 32.2. The van der Waals surface area contributed by atoms with E-state index in [-0.39, 0.29) is 10.8 Å². The fourth-order valence-corrected chi connectivity index (χ4v) is 6.43. The predicted octanol–water partition coefficient (Wildman–Crippen LogP) is 3.90. The van der Waals surface area contributed by atoms with Gasteiger partial charge >= 0.3 is 6.03 Å². The summed E-state index contributed by atoms with van der Waals surface area (Å²) in [6, 6.07) is 9.27. The molecule has 4 aromatic rings. The molecule has 0 fully saturated rings. The summed E-state index contributed by atoms with van der Waals surface area (Å²) in [5, 5.41) is 3.24. The van der Waals surface area contributed by atoms with E-state index >= 15 is 0 Å². The van der Waals surface area contributed by atoms with Gasteiger partial charge in [-0.3, -0.25) is 4.57 Å². The predicted molar refractivity (Wildman–Crippen MR) is 137 cm³/mol. The van der Waals surface area contributed by atoms with Crippen molar-refractivity contribution >= 4 is 38.6 Å². The lowest BCUT2D eigenvalue weighted by Crippen LogP contribution is -2.40. The number of nitrogens with one attached hydrogen (secondary N) is 2. The number of carbonyl (C=O) groups excluding carboxylic acids is 1. The lowest BCUT2D eigenvalue weighted by atomic mass is 10.1. The fourth-order valence-electron chi connectivity index (χ4n) is 4.01. The van der Waals surface area contributed by atoms with Gasteiger partial charge in [-0.25, -0.2) is 32.9 Å². The molecule has 184 valence electrons. The standard InChI is InChI=1S/C24H28N6O3S2/c1-6-20-28-21-14(2)13-15(3)26-22(21)30(20)19-9-7-18(8-10-19)11-12-25-24(31)29-35(32,33)23-16(4)27-17(5)34-23/h7-10,13H,6,11-12H2,1-5H3,(H2,25,29,31). The zero-order chi connectivity index (χ0) is 25.3. The Bertz CT molecular complexity index is 1500. The zero-order valence-electron chi connectivity index (χ0n) is 20.3. The Hall–Kier alpha value is -3.31. The molecule has 11 heteroatoms. The van der Waals surface area contributed by atoms with E-state index in [1.165, 1.54) is 0 Å². The first-order chi connectivity index (χ1) is 16.6. The molecule has 35 heavy (non-hydrogen) atoms. The third-order valence-corrected chi connectivity index (χ3v) is 8.56. The molecule has 4 rings (SSSR count). The van der Waals surface area contributed by atoms with Crippen LogP contribution in [0.2, 0.25) is 0 Å². The molecular formula is C24H28N6O3S2. The van der Waals surface area contributed by atoms with Gasteiger partial charge in [-0.05, 0) is 63.4 Å². The average molecular weight is 513 g/mol. The highest BCUT2D eigenvalue weighted by Gasteiger charge is 2.23. The molecule has 9 nitrogen and oxygen atoms in total. The number of benzene rings is 1. The van der Waals surface area contributed by atoms with Crippen LogP contribution in [-0.2, 0) is 22.9 Å². The van der Waals surface area contributed by atoms with E-state index in [0.29, 0.717) is 17.1 Å². The maximum absolute atomic E-state index is 12.4. The molecule has 0 saturated carbocycles. The summed E-state index contributed by atoms with van der Waals surface area (Å²) in [4.78, 5) is 25.8. The molecule has 3 aromatic heterocycles. The van der Waals surface area contributed by atoms with Crippen LogP contribution >= 0.6 is 11.3 Å². The summed E-state index contributed by atoms with van der Waals surface area (Å²) in [6.07, 6.45) is 1.33. The smallest absolute Gasteiger partial charge is 0.328 e. The number of thiazole rings is 1. The Kier molecular flexibility index (Phi) is 6.91. The summed E-state index contributed by atoms with van der Waals surface area (Å²) in [7, 11) is -3.95. The molecule has 0 spiro atoms. The molecule has 0 bridgehead atoms. The van der Waals surface area contributed by atoms with E-state index in [2.05, 4.69) is 26.5 Å². The highest BCUT2D eigenvalue weighted by molar-refractivity contribution is 7.92. The number of pyridine rings is 1. The number of aryl methyl sites for hydroxylation is 5. The van der Waals surface area contributed by atoms with Crippen LogP contribution in [0.15, 0.2) is 34.5 Å². The van der Waals surface area contributed by atoms with Crippen molar-refractivity contribution in [2.75, 3.05) is 6.54 Å². The minimum absolute atomic E-state index is 0.0547. The number of hydrogen-bond donors (Lipinski definition) is 2. The van der Waals surface area contributed by atoms with E-state index in [1.54, 1.807) is 13.8 Å². The van der Waals surface area contributed by atoms with Gasteiger partial charge < -0.3 is 5.32 Å². The minimum atomic E-state index is -3.95. The van der Waals surface area contributed by atoms with Gasteiger partial charge in [-0.15, -0.1) is 11.3 Å². The van der Waals surface area contributed by atoms with Crippen molar-refractivity contribution in [3.63, 3.8) is 0 Å². The maximum atomic E-state index is 12.4. The summed E-state index contributed by atoms with van der Waals surface area (Å²) in [5.74, 6) is 0.944. The van der Waals surface area contributed by atoms with Crippen LogP contribution in [0.5, 0.6) is 0 Å². The number of rotatable bonds is 7. The number of fused-ring (bicyclic) bond motifs is 1. The van der Waals surface area contributed by atoms with E-state index in [4.69, 9.17) is 9.97 Å². The minimum Gasteiger partial charge on any atom is -0.337 e. The van der Waals surface area contributed by atoms with Crippen LogP contribution in [0, 0.1) is 27.7 Å². The second-order valence-corrected chi connectivity index (χ2v) is 11.4. The van der Waals surface area contributed by atoms with Crippen LogP contribution in [0.4, 0.5) is 4.79 Å². The van der Waals surface area contributed by atoms with Crippen molar-refractivity contribution in [1.82, 2.24) is 29.6 Å². The van der Waals surface area contributed by atoms with Crippen molar-refractivity contribution < 1.29 is 13.2 Å². The summed E-state index contributed by atoms with van der Waals surface area (Å²) >= 11 is 1.04. The number of carbonyl (C=O) groups is 1. The number of amides is 2. The second kappa shape index (κ2) is 9.74. The number of hydrogen-bond acceptors (Lipinski definition) is 7. The summed E-state index contributed by atoms with van der Waals surface area (Å²) < 4.78 is 29.1. The van der Waals surface area contributed by atoms with Crippen molar-refractivity contribution in [1.29, 1.82) is 0 Å². The topological polar surface area (TPSA) is 119 Å². The lowest BCUT2D eigenvalue weighted by molar-refractivity contribution is 0.246. The van der Waals surface area contributed by atoms with Crippen LogP contribution in [0.25, 0.3) is 16.9 Å². The number of nitrogens with zero attached hydrogens (tertiary/aromatic N) is 4. The van der Waals surface area contributed by atoms with Crippen molar-refractivity contribution in [3.8, 4) is 5.69 Å². The molecule has 0 aliphatic rings. The molecule has 3 heterocycles. The molecular weight excluding hydrogens is 484 g/mol. The number of aromatic nitrogens is 4. The van der Waals surface area contributed by atoms with E-state index < -0.39 is 16.1 Å². The largest absolute Gasteiger partial charge is 0.337 e. The summed E-state index contributed by atoms with van der Waals surface area (Å²) in [5.41, 5.74) is 6.16. The summed E-state index contributed by atoms with van der Waals surface area (Å²) in [6.45, 7) is 9.71. The van der Waals surface area contributed by atoms with Crippen molar-refractivity contribution in [3.05, 3.63) is 63.7 Å². The molecule has 0 radical (unpaired) electrons. The molecule has 2 N–H and O–H groups in total. The Morgan fingerprint density at radius 3 is 2.40 bits per heavy atom. The average Bonchev–Trinajstić information content (AvgIpc) is 3.33. The zero-order valence-corrected chi connectivity index (χ0v) is 22.0. The van der Waals surface area contributed by atoms with Gasteiger partial charge in [0.05, 0.1) is 10.7 Å².